The molecule has 0 fully saturated rings. The number of fused-ring (bicyclic) bond motifs is 1. The fourth-order valence-electron chi connectivity index (χ4n) is 2.92. The minimum Gasteiger partial charge on any atom is -0.353 e. The van der Waals surface area contributed by atoms with Gasteiger partial charge in [-0.3, -0.25) is 14.4 Å². The number of hydrogen-bond donors (Lipinski definition) is 1. The van der Waals surface area contributed by atoms with Gasteiger partial charge in [-0.25, -0.2) is 0 Å². The summed E-state index contributed by atoms with van der Waals surface area (Å²) < 4.78 is 1.73. The molecule has 5 nitrogen and oxygen atoms in total. The molecule has 1 amide bonds. The summed E-state index contributed by atoms with van der Waals surface area (Å²) in [6.07, 6.45) is 4.34. The standard InChI is InChI=1S/C17H21ClN4O/c1-13(17(23)19-7-9-22-12-16(18)10-20-22)21-8-6-14-4-2-3-5-15(14)11-21/h2-5,10,12-13H,6-9,11H2,1H3,(H,19,23)/t13-/m1/s1. The van der Waals surface area contributed by atoms with Crippen molar-refractivity contribution >= 4 is 17.5 Å². The highest BCUT2D eigenvalue weighted by Gasteiger charge is 2.24. The average Bonchev–Trinajstić information content (AvgIpc) is 2.99. The minimum absolute atomic E-state index is 0.0580. The highest BCUT2D eigenvalue weighted by Crippen LogP contribution is 2.20. The van der Waals surface area contributed by atoms with Crippen LogP contribution >= 0.6 is 11.6 Å². The maximum atomic E-state index is 12.3. The zero-order valence-electron chi connectivity index (χ0n) is 13.2. The van der Waals surface area contributed by atoms with Gasteiger partial charge in [-0.1, -0.05) is 35.9 Å². The van der Waals surface area contributed by atoms with Gasteiger partial charge in [0.1, 0.15) is 0 Å². The Morgan fingerprint density at radius 2 is 2.17 bits per heavy atom. The second kappa shape index (κ2) is 7.15. The van der Waals surface area contributed by atoms with E-state index >= 15 is 0 Å². The van der Waals surface area contributed by atoms with Crippen molar-refractivity contribution in [1.82, 2.24) is 20.0 Å². The van der Waals surface area contributed by atoms with Gasteiger partial charge in [-0.05, 0) is 24.5 Å². The number of amides is 1. The van der Waals surface area contributed by atoms with Crippen LogP contribution in [0.4, 0.5) is 0 Å². The molecule has 1 aromatic carbocycles. The van der Waals surface area contributed by atoms with Gasteiger partial charge in [-0.2, -0.15) is 5.10 Å². The van der Waals surface area contributed by atoms with Gasteiger partial charge < -0.3 is 5.32 Å². The van der Waals surface area contributed by atoms with E-state index in [-0.39, 0.29) is 11.9 Å². The molecular weight excluding hydrogens is 312 g/mol. The minimum atomic E-state index is -0.135. The van der Waals surface area contributed by atoms with E-state index in [4.69, 9.17) is 11.6 Å². The summed E-state index contributed by atoms with van der Waals surface area (Å²) in [5.41, 5.74) is 2.72. The summed E-state index contributed by atoms with van der Waals surface area (Å²) in [6.45, 7) is 4.88. The summed E-state index contributed by atoms with van der Waals surface area (Å²) in [6, 6.07) is 8.32. The van der Waals surface area contributed by atoms with Crippen molar-refractivity contribution in [3.63, 3.8) is 0 Å². The van der Waals surface area contributed by atoms with Gasteiger partial charge in [0.05, 0.1) is 23.8 Å². The Morgan fingerprint density at radius 1 is 1.39 bits per heavy atom. The molecule has 1 aromatic heterocycles. The Morgan fingerprint density at radius 3 is 2.91 bits per heavy atom. The average molecular weight is 333 g/mol. The topological polar surface area (TPSA) is 50.2 Å². The molecule has 0 unspecified atom stereocenters. The lowest BCUT2D eigenvalue weighted by molar-refractivity contribution is -0.126. The SMILES string of the molecule is C[C@H](C(=O)NCCn1cc(Cl)cn1)N1CCc2ccccc2C1. The van der Waals surface area contributed by atoms with E-state index in [1.54, 1.807) is 17.1 Å². The second-order valence-electron chi connectivity index (χ2n) is 5.88. The van der Waals surface area contributed by atoms with Gasteiger partial charge in [0.2, 0.25) is 5.91 Å². The number of hydrogen-bond acceptors (Lipinski definition) is 3. The third kappa shape index (κ3) is 3.92. The smallest absolute Gasteiger partial charge is 0.237 e. The molecule has 2 heterocycles. The van der Waals surface area contributed by atoms with Crippen LogP contribution in [0.25, 0.3) is 0 Å². The first-order valence-corrected chi connectivity index (χ1v) is 8.28. The zero-order valence-corrected chi connectivity index (χ0v) is 14.0. The third-order valence-electron chi connectivity index (χ3n) is 4.33. The van der Waals surface area contributed by atoms with Crippen LogP contribution < -0.4 is 5.32 Å². The Hall–Kier alpha value is -1.85. The van der Waals surface area contributed by atoms with Crippen LogP contribution in [0.3, 0.4) is 0 Å². The van der Waals surface area contributed by atoms with Crippen LogP contribution in [0.5, 0.6) is 0 Å². The molecule has 6 heteroatoms. The van der Waals surface area contributed by atoms with Gasteiger partial charge in [0.15, 0.2) is 0 Å². The van der Waals surface area contributed by atoms with E-state index in [1.807, 2.05) is 6.92 Å². The number of carbonyl (C=O) groups is 1. The molecule has 122 valence electrons. The van der Waals surface area contributed by atoms with Crippen LogP contribution in [0.2, 0.25) is 5.02 Å². The summed E-state index contributed by atoms with van der Waals surface area (Å²) in [4.78, 5) is 14.6. The summed E-state index contributed by atoms with van der Waals surface area (Å²) in [5.74, 6) is 0.0580. The lowest BCUT2D eigenvalue weighted by Gasteiger charge is -2.32. The highest BCUT2D eigenvalue weighted by atomic mass is 35.5. The Balaban J connectivity index is 1.50. The first kappa shape index (κ1) is 16.0. The first-order valence-electron chi connectivity index (χ1n) is 7.90. The van der Waals surface area contributed by atoms with Crippen molar-refractivity contribution in [2.24, 2.45) is 0 Å². The quantitative estimate of drug-likeness (QED) is 0.912. The molecule has 0 saturated carbocycles. The third-order valence-corrected chi connectivity index (χ3v) is 4.52. The lowest BCUT2D eigenvalue weighted by Crippen LogP contribution is -2.47. The zero-order chi connectivity index (χ0) is 16.2. The maximum absolute atomic E-state index is 12.3. The van der Waals surface area contributed by atoms with E-state index in [0.29, 0.717) is 18.1 Å². The normalized spacial score (nSPS) is 15.9. The Kier molecular flexibility index (Phi) is 4.98. The summed E-state index contributed by atoms with van der Waals surface area (Å²) >= 11 is 5.82. The molecule has 1 atom stereocenters. The molecule has 0 radical (unpaired) electrons. The van der Waals surface area contributed by atoms with E-state index in [0.717, 1.165) is 19.5 Å². The predicted molar refractivity (Wildman–Crippen MR) is 90.3 cm³/mol. The molecule has 0 bridgehead atoms. The van der Waals surface area contributed by atoms with Gasteiger partial charge in [0, 0.05) is 25.8 Å². The summed E-state index contributed by atoms with van der Waals surface area (Å²) in [5, 5.41) is 7.68. The van der Waals surface area contributed by atoms with Crippen LogP contribution in [-0.2, 0) is 24.3 Å². The molecule has 0 saturated heterocycles. The molecule has 1 aliphatic rings. The molecule has 3 rings (SSSR count). The second-order valence-corrected chi connectivity index (χ2v) is 6.31. The molecular formula is C17H21ClN4O. The van der Waals surface area contributed by atoms with Crippen molar-refractivity contribution in [2.75, 3.05) is 13.1 Å². The molecule has 1 aliphatic heterocycles. The highest BCUT2D eigenvalue weighted by molar-refractivity contribution is 6.30. The van der Waals surface area contributed by atoms with Crippen LogP contribution in [0, 0.1) is 0 Å². The number of halogens is 1. The van der Waals surface area contributed by atoms with Crippen molar-refractivity contribution in [2.45, 2.75) is 32.5 Å². The number of benzene rings is 1. The number of nitrogens with zero attached hydrogens (tertiary/aromatic N) is 3. The van der Waals surface area contributed by atoms with E-state index in [1.165, 1.54) is 11.1 Å². The molecule has 23 heavy (non-hydrogen) atoms. The van der Waals surface area contributed by atoms with Crippen LogP contribution in [-0.4, -0.2) is 39.7 Å². The van der Waals surface area contributed by atoms with Crippen molar-refractivity contribution in [3.05, 3.63) is 52.8 Å². The van der Waals surface area contributed by atoms with Crippen molar-refractivity contribution in [3.8, 4) is 0 Å². The molecule has 0 spiro atoms. The van der Waals surface area contributed by atoms with Crippen LogP contribution in [0.1, 0.15) is 18.1 Å². The predicted octanol–water partition coefficient (Wildman–Crippen LogP) is 2.10. The lowest BCUT2D eigenvalue weighted by atomic mass is 9.99. The van der Waals surface area contributed by atoms with Gasteiger partial charge in [-0.15, -0.1) is 0 Å². The van der Waals surface area contributed by atoms with Crippen molar-refractivity contribution < 1.29 is 4.79 Å². The molecule has 2 aromatic rings. The van der Waals surface area contributed by atoms with Crippen molar-refractivity contribution in [1.29, 1.82) is 0 Å². The number of carbonyl (C=O) groups excluding carboxylic acids is 1. The largest absolute Gasteiger partial charge is 0.353 e. The van der Waals surface area contributed by atoms with E-state index in [2.05, 4.69) is 39.6 Å². The van der Waals surface area contributed by atoms with E-state index in [9.17, 15) is 4.79 Å². The fourth-order valence-corrected chi connectivity index (χ4v) is 3.07. The number of nitrogens with one attached hydrogen (secondary N) is 1. The molecule has 1 N–H and O–H groups in total. The number of rotatable bonds is 5. The Labute approximate surface area is 141 Å². The monoisotopic (exact) mass is 332 g/mol. The fraction of sp³-hybridized carbons (Fsp3) is 0.412. The van der Waals surface area contributed by atoms with Gasteiger partial charge in [0.25, 0.3) is 0 Å². The maximum Gasteiger partial charge on any atom is 0.237 e. The first-order chi connectivity index (χ1) is 11.1. The Bertz CT molecular complexity index is 685. The number of aromatic nitrogens is 2. The van der Waals surface area contributed by atoms with E-state index < -0.39 is 0 Å². The molecule has 0 aliphatic carbocycles. The van der Waals surface area contributed by atoms with Crippen LogP contribution in [0.15, 0.2) is 36.7 Å². The van der Waals surface area contributed by atoms with Gasteiger partial charge >= 0.3 is 0 Å². The summed E-state index contributed by atoms with van der Waals surface area (Å²) in [7, 11) is 0.